The molecule has 0 amide bonds. The standard InChI is InChI=1S/Ce.3Rh. The molecule has 31 valence electrons. The quantitative estimate of drug-likeness (QED) is 0.458. The van der Waals surface area contributed by atoms with Crippen LogP contribution in [0.3, 0.4) is 0 Å². The molecule has 3 radical (unpaired) electrons. The van der Waals surface area contributed by atoms with Crippen molar-refractivity contribution in [3.63, 3.8) is 0 Å². The van der Waals surface area contributed by atoms with Crippen LogP contribution in [-0.2, 0) is 58.4 Å². The zero-order chi connectivity index (χ0) is 0. The van der Waals surface area contributed by atoms with Gasteiger partial charge < -0.3 is 0 Å². The molecule has 0 heterocycles. The van der Waals surface area contributed by atoms with Gasteiger partial charge in [0.2, 0.25) is 0 Å². The predicted molar refractivity (Wildman–Crippen MR) is 0 cm³/mol. The predicted octanol–water partition coefficient (Wildman–Crippen LogP) is -0.00750. The molecule has 0 bridgehead atoms. The maximum absolute atomic E-state index is 0. The first-order valence-electron chi connectivity index (χ1n) is 0. The van der Waals surface area contributed by atoms with Crippen LogP contribution in [0.15, 0.2) is 0 Å². The van der Waals surface area contributed by atoms with E-state index in [1.807, 2.05) is 0 Å². The van der Waals surface area contributed by atoms with E-state index in [1.165, 1.54) is 0 Å². The summed E-state index contributed by atoms with van der Waals surface area (Å²) in [6.45, 7) is 0. The van der Waals surface area contributed by atoms with Crippen molar-refractivity contribution in [2.75, 3.05) is 0 Å². The van der Waals surface area contributed by atoms with Crippen LogP contribution in [0.25, 0.3) is 0 Å². The van der Waals surface area contributed by atoms with E-state index in [4.69, 9.17) is 0 Å². The summed E-state index contributed by atoms with van der Waals surface area (Å²) < 4.78 is 0. The first-order chi connectivity index (χ1) is 0. The van der Waals surface area contributed by atoms with Crippen molar-refractivity contribution in [1.29, 1.82) is 0 Å². The van der Waals surface area contributed by atoms with E-state index in [0.717, 1.165) is 0 Å². The Balaban J connectivity index is 0. The van der Waals surface area contributed by atoms with Gasteiger partial charge in [0.05, 0.1) is 0 Å². The van der Waals surface area contributed by atoms with E-state index in [1.54, 1.807) is 0 Å². The maximum atomic E-state index is 0. The first kappa shape index (κ1) is 26.8. The molecule has 0 nitrogen and oxygen atoms in total. The van der Waals surface area contributed by atoms with Crippen LogP contribution in [0.5, 0.6) is 0 Å². The fourth-order valence-corrected chi connectivity index (χ4v) is 0. The zero-order valence-corrected chi connectivity index (χ0v) is 9.56. The number of hydrogen-bond acceptors (Lipinski definition) is 0. The molecule has 0 atom stereocenters. The second-order valence-electron chi connectivity index (χ2n) is 0. The molecule has 0 aromatic carbocycles. The van der Waals surface area contributed by atoms with Crippen LogP contribution < -0.4 is 0 Å². The van der Waals surface area contributed by atoms with Crippen LogP contribution in [0.2, 0.25) is 0 Å². The Kier molecular flexibility index (Phi) is 109. The van der Waals surface area contributed by atoms with Gasteiger partial charge in [0.1, 0.15) is 0 Å². The van der Waals surface area contributed by atoms with Gasteiger partial charge in [-0.1, -0.05) is 0 Å². The van der Waals surface area contributed by atoms with Crippen LogP contribution in [-0.4, -0.2) is 0 Å². The van der Waals surface area contributed by atoms with E-state index in [2.05, 4.69) is 0 Å². The molecule has 0 unspecified atom stereocenters. The molecular formula is CeRh3. The Morgan fingerprint density at radius 3 is 0.500 bits per heavy atom. The van der Waals surface area contributed by atoms with Crippen molar-refractivity contribution in [3.8, 4) is 0 Å². The minimum Gasteiger partial charge on any atom is 0 e. The first-order valence-corrected chi connectivity index (χ1v) is 0. The molecule has 0 aliphatic rings. The smallest absolute Gasteiger partial charge is 0 e. The summed E-state index contributed by atoms with van der Waals surface area (Å²) in [6.07, 6.45) is 0. The average Bonchev–Trinajstić information content (AvgIpc) is 0. The van der Waals surface area contributed by atoms with Crippen LogP contribution in [0.1, 0.15) is 0 Å². The minimum absolute atomic E-state index is 0. The largest absolute Gasteiger partial charge is 0 e. The molecule has 4 heteroatoms. The summed E-state index contributed by atoms with van der Waals surface area (Å²) >= 11 is 0. The molecule has 0 aromatic rings. The minimum atomic E-state index is 0. The molecular weight excluding hydrogens is 449 g/mol. The molecule has 0 aliphatic heterocycles. The molecule has 0 N–H and O–H groups in total. The fourth-order valence-electron chi connectivity index (χ4n) is 0. The molecule has 0 aliphatic carbocycles. The van der Waals surface area contributed by atoms with Crippen molar-refractivity contribution >= 4 is 0 Å². The van der Waals surface area contributed by atoms with Gasteiger partial charge in [0, 0.05) is 100 Å². The number of hydrogen-bond donors (Lipinski definition) is 0. The van der Waals surface area contributed by atoms with E-state index in [0.29, 0.717) is 0 Å². The molecule has 4 heavy (non-hydrogen) atoms. The third-order valence-electron chi connectivity index (χ3n) is 0. The molecule has 0 saturated carbocycles. The maximum Gasteiger partial charge on any atom is 0 e. The molecule has 0 saturated heterocycles. The Morgan fingerprint density at radius 1 is 0.500 bits per heavy atom. The monoisotopic (exact) mass is 449 g/mol. The van der Waals surface area contributed by atoms with E-state index >= 15 is 0 Å². The van der Waals surface area contributed by atoms with Gasteiger partial charge in [0.25, 0.3) is 0 Å². The van der Waals surface area contributed by atoms with Gasteiger partial charge in [-0.3, -0.25) is 0 Å². The van der Waals surface area contributed by atoms with Gasteiger partial charge in [-0.15, -0.1) is 0 Å². The summed E-state index contributed by atoms with van der Waals surface area (Å²) in [4.78, 5) is 0. The third-order valence-corrected chi connectivity index (χ3v) is 0. The molecule has 0 spiro atoms. The van der Waals surface area contributed by atoms with Crippen molar-refractivity contribution in [2.45, 2.75) is 0 Å². The topological polar surface area (TPSA) is 0 Å². The van der Waals surface area contributed by atoms with Gasteiger partial charge in [-0.05, 0) is 0 Å². The Labute approximate surface area is 97.9 Å². The normalized spacial score (nSPS) is 0. The fraction of sp³-hybridized carbons (Fsp3) is 0. The van der Waals surface area contributed by atoms with Crippen LogP contribution >= 0.6 is 0 Å². The van der Waals surface area contributed by atoms with Crippen molar-refractivity contribution in [1.82, 2.24) is 0 Å². The molecule has 0 aromatic heterocycles. The van der Waals surface area contributed by atoms with Gasteiger partial charge in [-0.2, -0.15) is 0 Å². The summed E-state index contributed by atoms with van der Waals surface area (Å²) in [5.41, 5.74) is 0. The Morgan fingerprint density at radius 2 is 0.500 bits per heavy atom. The summed E-state index contributed by atoms with van der Waals surface area (Å²) in [5.74, 6) is 0. The SMILES string of the molecule is [Ce].[Rh].[Rh].[Rh]. The van der Waals surface area contributed by atoms with Gasteiger partial charge in [0.15, 0.2) is 0 Å². The second-order valence-corrected chi connectivity index (χ2v) is 0. The van der Waals surface area contributed by atoms with E-state index in [-0.39, 0.29) is 100 Å². The molecule has 0 fully saturated rings. The second kappa shape index (κ2) is 16.3. The summed E-state index contributed by atoms with van der Waals surface area (Å²) in [6, 6.07) is 0. The Hall–Kier alpha value is 3.25. The zero-order valence-electron chi connectivity index (χ0n) is 1.50. The van der Waals surface area contributed by atoms with Gasteiger partial charge >= 0.3 is 0 Å². The van der Waals surface area contributed by atoms with Crippen LogP contribution in [0, 0.1) is 41.7 Å². The summed E-state index contributed by atoms with van der Waals surface area (Å²) in [7, 11) is 0. The van der Waals surface area contributed by atoms with Gasteiger partial charge in [-0.25, -0.2) is 0 Å². The van der Waals surface area contributed by atoms with E-state index in [9.17, 15) is 0 Å². The van der Waals surface area contributed by atoms with Crippen molar-refractivity contribution < 1.29 is 100 Å². The van der Waals surface area contributed by atoms with Crippen LogP contribution in [0.4, 0.5) is 0 Å². The van der Waals surface area contributed by atoms with Crippen molar-refractivity contribution in [3.05, 3.63) is 0 Å². The summed E-state index contributed by atoms with van der Waals surface area (Å²) in [5, 5.41) is 0. The van der Waals surface area contributed by atoms with E-state index < -0.39 is 0 Å². The third kappa shape index (κ3) is 8.98. The number of rotatable bonds is 0. The Bertz CT molecular complexity index is 3.25. The average molecular weight is 449 g/mol. The van der Waals surface area contributed by atoms with Crippen molar-refractivity contribution in [2.24, 2.45) is 0 Å². The molecule has 0 rings (SSSR count).